The zero-order valence-corrected chi connectivity index (χ0v) is 11.2. The third-order valence-corrected chi connectivity index (χ3v) is 3.95. The average molecular weight is 269 g/mol. The van der Waals surface area contributed by atoms with Crippen LogP contribution in [0.3, 0.4) is 0 Å². The van der Waals surface area contributed by atoms with Gasteiger partial charge in [0.25, 0.3) is 5.69 Å². The first-order valence-electron chi connectivity index (χ1n) is 6.28. The van der Waals surface area contributed by atoms with Crippen molar-refractivity contribution in [2.75, 3.05) is 6.54 Å². The highest BCUT2D eigenvalue weighted by Gasteiger charge is 2.23. The van der Waals surface area contributed by atoms with Crippen molar-refractivity contribution < 1.29 is 4.92 Å². The number of rotatable bonds is 4. The molecule has 1 aromatic rings. The average Bonchev–Trinajstić information content (AvgIpc) is 2.79. The Morgan fingerprint density at radius 2 is 2.33 bits per heavy atom. The van der Waals surface area contributed by atoms with Gasteiger partial charge < -0.3 is 0 Å². The van der Waals surface area contributed by atoms with E-state index < -0.39 is 0 Å². The van der Waals surface area contributed by atoms with Crippen molar-refractivity contribution in [1.29, 1.82) is 0 Å². The normalized spacial score (nSPS) is 20.2. The lowest BCUT2D eigenvalue weighted by atomic mass is 10.1. The van der Waals surface area contributed by atoms with Crippen LogP contribution < -0.4 is 0 Å². The van der Waals surface area contributed by atoms with Crippen LogP contribution in [0.2, 0.25) is 5.02 Å². The van der Waals surface area contributed by atoms with Crippen LogP contribution in [0.4, 0.5) is 5.69 Å². The van der Waals surface area contributed by atoms with Crippen LogP contribution in [-0.2, 0) is 6.54 Å². The highest BCUT2D eigenvalue weighted by Crippen LogP contribution is 2.27. The van der Waals surface area contributed by atoms with Gasteiger partial charge in [-0.25, -0.2) is 0 Å². The summed E-state index contributed by atoms with van der Waals surface area (Å²) in [6, 6.07) is 5.24. The van der Waals surface area contributed by atoms with Gasteiger partial charge in [0.1, 0.15) is 0 Å². The van der Waals surface area contributed by atoms with E-state index in [4.69, 9.17) is 11.6 Å². The van der Waals surface area contributed by atoms with Crippen LogP contribution >= 0.6 is 11.6 Å². The molecule has 0 amide bonds. The van der Waals surface area contributed by atoms with Crippen molar-refractivity contribution >= 4 is 17.3 Å². The van der Waals surface area contributed by atoms with Crippen molar-refractivity contribution in [2.45, 2.75) is 38.8 Å². The van der Waals surface area contributed by atoms with Crippen LogP contribution in [0.15, 0.2) is 18.2 Å². The van der Waals surface area contributed by atoms with Crippen LogP contribution in [0.5, 0.6) is 0 Å². The van der Waals surface area contributed by atoms with Crippen LogP contribution in [-0.4, -0.2) is 22.4 Å². The van der Waals surface area contributed by atoms with Crippen molar-refractivity contribution in [1.82, 2.24) is 4.90 Å². The molecule has 0 bridgehead atoms. The Kier molecular flexibility index (Phi) is 4.19. The lowest BCUT2D eigenvalue weighted by Crippen LogP contribution is -2.28. The van der Waals surface area contributed by atoms with Gasteiger partial charge in [0.2, 0.25) is 0 Å². The fourth-order valence-corrected chi connectivity index (χ4v) is 2.76. The molecule has 1 aromatic carbocycles. The van der Waals surface area contributed by atoms with Crippen molar-refractivity contribution in [2.24, 2.45) is 0 Å². The first-order valence-corrected chi connectivity index (χ1v) is 6.66. The molecule has 5 heteroatoms. The van der Waals surface area contributed by atoms with Gasteiger partial charge in [-0.3, -0.25) is 15.0 Å². The summed E-state index contributed by atoms with van der Waals surface area (Å²) >= 11 is 6.12. The van der Waals surface area contributed by atoms with Crippen LogP contribution in [0.25, 0.3) is 0 Å². The Labute approximate surface area is 112 Å². The Hall–Kier alpha value is -1.13. The molecule has 1 atom stereocenters. The minimum atomic E-state index is -0.374. The van der Waals surface area contributed by atoms with Gasteiger partial charge >= 0.3 is 0 Å². The second kappa shape index (κ2) is 5.67. The molecule has 1 heterocycles. The summed E-state index contributed by atoms with van der Waals surface area (Å²) in [5.74, 6) is 0. The number of benzene rings is 1. The zero-order valence-electron chi connectivity index (χ0n) is 10.4. The maximum atomic E-state index is 10.8. The monoisotopic (exact) mass is 268 g/mol. The number of nitro benzene ring substituents is 1. The van der Waals surface area contributed by atoms with E-state index in [1.165, 1.54) is 18.9 Å². The molecular weight excluding hydrogens is 252 g/mol. The van der Waals surface area contributed by atoms with Crippen molar-refractivity contribution in [3.8, 4) is 0 Å². The quantitative estimate of drug-likeness (QED) is 0.619. The first-order chi connectivity index (χ1) is 8.61. The summed E-state index contributed by atoms with van der Waals surface area (Å²) in [7, 11) is 0. The molecule has 18 heavy (non-hydrogen) atoms. The highest BCUT2D eigenvalue weighted by molar-refractivity contribution is 6.31. The minimum Gasteiger partial charge on any atom is -0.296 e. The molecule has 1 unspecified atom stereocenters. The molecule has 0 aromatic heterocycles. The summed E-state index contributed by atoms with van der Waals surface area (Å²) in [5.41, 5.74) is 0.966. The topological polar surface area (TPSA) is 46.4 Å². The number of halogens is 1. The van der Waals surface area contributed by atoms with E-state index in [-0.39, 0.29) is 10.6 Å². The largest absolute Gasteiger partial charge is 0.296 e. The zero-order chi connectivity index (χ0) is 13.1. The Balaban J connectivity index is 2.17. The van der Waals surface area contributed by atoms with Crippen molar-refractivity contribution in [3.05, 3.63) is 38.9 Å². The third kappa shape index (κ3) is 2.82. The molecular formula is C13H17ClN2O2. The molecule has 0 spiro atoms. The summed E-state index contributed by atoms with van der Waals surface area (Å²) in [5, 5.41) is 11.4. The number of nitrogens with zero attached hydrogens (tertiary/aromatic N) is 2. The maximum Gasteiger partial charge on any atom is 0.269 e. The molecule has 0 saturated carbocycles. The van der Waals surface area contributed by atoms with E-state index >= 15 is 0 Å². The number of hydrogen-bond acceptors (Lipinski definition) is 3. The molecule has 0 N–H and O–H groups in total. The molecule has 0 radical (unpaired) electrons. The molecule has 1 fully saturated rings. The fraction of sp³-hybridized carbons (Fsp3) is 0.538. The Morgan fingerprint density at radius 3 is 3.00 bits per heavy atom. The van der Waals surface area contributed by atoms with Crippen molar-refractivity contribution in [3.63, 3.8) is 0 Å². The van der Waals surface area contributed by atoms with Crippen LogP contribution in [0, 0.1) is 10.1 Å². The van der Waals surface area contributed by atoms with E-state index in [9.17, 15) is 10.1 Å². The van der Waals surface area contributed by atoms with E-state index in [1.807, 2.05) is 0 Å². The number of nitro groups is 1. The lowest BCUT2D eigenvalue weighted by Gasteiger charge is -2.23. The predicted octanol–water partition coefficient (Wildman–Crippen LogP) is 3.62. The summed E-state index contributed by atoms with van der Waals surface area (Å²) in [4.78, 5) is 12.8. The molecule has 2 rings (SSSR count). The number of non-ortho nitro benzene ring substituents is 1. The van der Waals surface area contributed by atoms with Gasteiger partial charge in [-0.2, -0.15) is 0 Å². The van der Waals surface area contributed by atoms with Gasteiger partial charge in [0.05, 0.1) is 4.92 Å². The summed E-state index contributed by atoms with van der Waals surface area (Å²) in [6.45, 7) is 3.94. The molecule has 0 aliphatic carbocycles. The fourth-order valence-electron chi connectivity index (χ4n) is 2.58. The van der Waals surface area contributed by atoms with Gasteiger partial charge in [0.15, 0.2) is 0 Å². The Bertz CT molecular complexity index is 451. The van der Waals surface area contributed by atoms with Gasteiger partial charge in [-0.1, -0.05) is 18.5 Å². The second-order valence-electron chi connectivity index (χ2n) is 4.71. The SMILES string of the molecule is CCC1CCCN1Cc1cc([N+](=O)[O-])ccc1Cl. The number of hydrogen-bond donors (Lipinski definition) is 0. The van der Waals surface area contributed by atoms with Crippen LogP contribution in [0.1, 0.15) is 31.7 Å². The van der Waals surface area contributed by atoms with E-state index in [1.54, 1.807) is 12.1 Å². The molecule has 1 saturated heterocycles. The minimum absolute atomic E-state index is 0.113. The van der Waals surface area contributed by atoms with Gasteiger partial charge in [-0.15, -0.1) is 0 Å². The summed E-state index contributed by atoms with van der Waals surface area (Å²) in [6.07, 6.45) is 3.53. The second-order valence-corrected chi connectivity index (χ2v) is 5.11. The third-order valence-electron chi connectivity index (χ3n) is 3.58. The lowest BCUT2D eigenvalue weighted by molar-refractivity contribution is -0.384. The molecule has 98 valence electrons. The molecule has 4 nitrogen and oxygen atoms in total. The maximum absolute atomic E-state index is 10.8. The van der Waals surface area contributed by atoms with E-state index in [2.05, 4.69) is 11.8 Å². The van der Waals surface area contributed by atoms with Gasteiger partial charge in [0, 0.05) is 29.7 Å². The van der Waals surface area contributed by atoms with E-state index in [0.29, 0.717) is 17.6 Å². The summed E-state index contributed by atoms with van der Waals surface area (Å²) < 4.78 is 0. The standard InChI is InChI=1S/C13H17ClN2O2/c1-2-11-4-3-7-15(11)9-10-8-12(16(17)18)5-6-13(10)14/h5-6,8,11H,2-4,7,9H2,1H3. The molecule has 1 aliphatic heterocycles. The predicted molar refractivity (Wildman–Crippen MR) is 71.8 cm³/mol. The van der Waals surface area contributed by atoms with Gasteiger partial charge in [-0.05, 0) is 37.4 Å². The Morgan fingerprint density at radius 1 is 1.56 bits per heavy atom. The molecule has 1 aliphatic rings. The smallest absolute Gasteiger partial charge is 0.269 e. The first kappa shape index (κ1) is 13.3. The highest BCUT2D eigenvalue weighted by atomic mass is 35.5. The number of likely N-dealkylation sites (tertiary alicyclic amines) is 1. The van der Waals surface area contributed by atoms with E-state index in [0.717, 1.165) is 18.5 Å².